The van der Waals surface area contributed by atoms with Crippen molar-refractivity contribution in [3.05, 3.63) is 0 Å². The van der Waals surface area contributed by atoms with E-state index in [1.54, 1.807) is 6.92 Å². The Balaban J connectivity index is 3.61. The van der Waals surface area contributed by atoms with Crippen LogP contribution in [-0.2, 0) is 9.59 Å². The van der Waals surface area contributed by atoms with Crippen LogP contribution in [0.5, 0.6) is 0 Å². The zero-order valence-corrected chi connectivity index (χ0v) is 9.87. The molecule has 0 aliphatic heterocycles. The number of aliphatic carboxylic acids is 1. The van der Waals surface area contributed by atoms with Gasteiger partial charge in [-0.1, -0.05) is 19.8 Å². The smallest absolute Gasteiger partial charge is 0.326 e. The molecule has 0 aliphatic carbocycles. The Morgan fingerprint density at radius 3 is 2.38 bits per heavy atom. The quantitative estimate of drug-likeness (QED) is 0.512. The summed E-state index contributed by atoms with van der Waals surface area (Å²) in [6.07, 6.45) is 4.58. The third-order valence-electron chi connectivity index (χ3n) is 2.40. The summed E-state index contributed by atoms with van der Waals surface area (Å²) in [4.78, 5) is 22.0. The summed E-state index contributed by atoms with van der Waals surface area (Å²) in [7, 11) is 0. The number of unbranched alkanes of at least 4 members (excludes halogenated alkanes) is 3. The van der Waals surface area contributed by atoms with E-state index < -0.39 is 12.0 Å². The van der Waals surface area contributed by atoms with E-state index in [4.69, 9.17) is 10.8 Å². The second kappa shape index (κ2) is 9.15. The van der Waals surface area contributed by atoms with Gasteiger partial charge in [0.15, 0.2) is 0 Å². The maximum absolute atomic E-state index is 11.4. The van der Waals surface area contributed by atoms with Crippen LogP contribution in [0.3, 0.4) is 0 Å². The topological polar surface area (TPSA) is 92.4 Å². The average molecular weight is 230 g/mol. The van der Waals surface area contributed by atoms with Crippen LogP contribution < -0.4 is 11.1 Å². The highest BCUT2D eigenvalue weighted by Gasteiger charge is 2.16. The van der Waals surface area contributed by atoms with E-state index in [0.717, 1.165) is 25.7 Å². The first-order valence-electron chi connectivity index (χ1n) is 5.84. The molecule has 0 unspecified atom stereocenters. The predicted molar refractivity (Wildman–Crippen MR) is 62.0 cm³/mol. The third-order valence-corrected chi connectivity index (χ3v) is 2.40. The standard InChI is InChI=1S/C11H22N2O3/c1-2-9(11(15)16)13-10(14)7-5-3-4-6-8-12/h9H,2-8,12H2,1H3,(H,13,14)(H,15,16)/t9-/m1/s1. The molecule has 0 aromatic heterocycles. The van der Waals surface area contributed by atoms with Crippen molar-refractivity contribution in [2.24, 2.45) is 5.73 Å². The van der Waals surface area contributed by atoms with Crippen LogP contribution in [0, 0.1) is 0 Å². The van der Waals surface area contributed by atoms with Gasteiger partial charge in [-0.05, 0) is 25.8 Å². The van der Waals surface area contributed by atoms with Crippen molar-refractivity contribution in [1.82, 2.24) is 5.32 Å². The largest absolute Gasteiger partial charge is 0.480 e. The van der Waals surface area contributed by atoms with Gasteiger partial charge in [0, 0.05) is 6.42 Å². The van der Waals surface area contributed by atoms with Crippen molar-refractivity contribution in [2.45, 2.75) is 51.5 Å². The molecular formula is C11H22N2O3. The Morgan fingerprint density at radius 1 is 1.25 bits per heavy atom. The summed E-state index contributed by atoms with van der Waals surface area (Å²) in [6.45, 7) is 2.42. The van der Waals surface area contributed by atoms with Gasteiger partial charge in [-0.15, -0.1) is 0 Å². The van der Waals surface area contributed by atoms with Crippen molar-refractivity contribution in [2.75, 3.05) is 6.54 Å². The van der Waals surface area contributed by atoms with Crippen LogP contribution >= 0.6 is 0 Å². The molecule has 0 bridgehead atoms. The first kappa shape index (κ1) is 14.9. The molecule has 4 N–H and O–H groups in total. The number of hydrogen-bond acceptors (Lipinski definition) is 3. The molecular weight excluding hydrogens is 208 g/mol. The highest BCUT2D eigenvalue weighted by atomic mass is 16.4. The van der Waals surface area contributed by atoms with E-state index in [1.807, 2.05) is 0 Å². The summed E-state index contributed by atoms with van der Waals surface area (Å²) >= 11 is 0. The van der Waals surface area contributed by atoms with E-state index in [9.17, 15) is 9.59 Å². The molecule has 0 saturated carbocycles. The first-order chi connectivity index (χ1) is 7.61. The lowest BCUT2D eigenvalue weighted by Gasteiger charge is -2.11. The lowest BCUT2D eigenvalue weighted by Crippen LogP contribution is -2.40. The van der Waals surface area contributed by atoms with Gasteiger partial charge >= 0.3 is 5.97 Å². The molecule has 5 nitrogen and oxygen atoms in total. The number of carboxylic acid groups (broad SMARTS) is 1. The molecule has 94 valence electrons. The van der Waals surface area contributed by atoms with Crippen LogP contribution in [0.2, 0.25) is 0 Å². The van der Waals surface area contributed by atoms with Crippen LogP contribution in [0.15, 0.2) is 0 Å². The molecule has 0 aliphatic rings. The highest BCUT2D eigenvalue weighted by Crippen LogP contribution is 2.02. The predicted octanol–water partition coefficient (Wildman–Crippen LogP) is 0.875. The van der Waals surface area contributed by atoms with Crippen LogP contribution in [0.1, 0.15) is 45.4 Å². The number of amides is 1. The van der Waals surface area contributed by atoms with E-state index in [-0.39, 0.29) is 5.91 Å². The molecule has 0 heterocycles. The third kappa shape index (κ3) is 7.23. The van der Waals surface area contributed by atoms with Crippen molar-refractivity contribution < 1.29 is 14.7 Å². The second-order valence-corrected chi connectivity index (χ2v) is 3.82. The fourth-order valence-corrected chi connectivity index (χ4v) is 1.39. The number of carbonyl (C=O) groups excluding carboxylic acids is 1. The summed E-state index contributed by atoms with van der Waals surface area (Å²) in [5.41, 5.74) is 5.34. The molecule has 0 radical (unpaired) electrons. The SMILES string of the molecule is CC[C@@H](NC(=O)CCCCCCN)C(=O)O. The van der Waals surface area contributed by atoms with Crippen molar-refractivity contribution in [3.8, 4) is 0 Å². The highest BCUT2D eigenvalue weighted by molar-refractivity contribution is 5.83. The van der Waals surface area contributed by atoms with Gasteiger partial charge in [0.05, 0.1) is 0 Å². The number of nitrogens with two attached hydrogens (primary N) is 1. The van der Waals surface area contributed by atoms with Crippen molar-refractivity contribution in [3.63, 3.8) is 0 Å². The molecule has 1 amide bonds. The van der Waals surface area contributed by atoms with E-state index in [0.29, 0.717) is 19.4 Å². The minimum atomic E-state index is -0.973. The maximum Gasteiger partial charge on any atom is 0.326 e. The van der Waals surface area contributed by atoms with Crippen LogP contribution in [0.25, 0.3) is 0 Å². The molecule has 0 aromatic rings. The second-order valence-electron chi connectivity index (χ2n) is 3.82. The molecule has 0 saturated heterocycles. The van der Waals surface area contributed by atoms with Gasteiger partial charge in [-0.3, -0.25) is 4.79 Å². The first-order valence-corrected chi connectivity index (χ1v) is 5.84. The Morgan fingerprint density at radius 2 is 1.88 bits per heavy atom. The van der Waals surface area contributed by atoms with E-state index in [1.165, 1.54) is 0 Å². The number of hydrogen-bond donors (Lipinski definition) is 3. The average Bonchev–Trinajstić information content (AvgIpc) is 2.25. The summed E-state index contributed by atoms with van der Waals surface area (Å²) in [6, 6.07) is -0.753. The zero-order valence-electron chi connectivity index (χ0n) is 9.87. The van der Waals surface area contributed by atoms with Gasteiger partial charge in [-0.2, -0.15) is 0 Å². The number of carbonyl (C=O) groups is 2. The zero-order chi connectivity index (χ0) is 12.4. The van der Waals surface area contributed by atoms with Gasteiger partial charge in [0.1, 0.15) is 6.04 Å². The van der Waals surface area contributed by atoms with E-state index in [2.05, 4.69) is 5.32 Å². The number of nitrogens with one attached hydrogen (secondary N) is 1. The Hall–Kier alpha value is -1.10. The normalized spacial score (nSPS) is 12.1. The molecule has 5 heteroatoms. The monoisotopic (exact) mass is 230 g/mol. The van der Waals surface area contributed by atoms with Gasteiger partial charge in [-0.25, -0.2) is 4.79 Å². The van der Waals surface area contributed by atoms with Crippen LogP contribution in [-0.4, -0.2) is 29.6 Å². The Labute approximate surface area is 96.4 Å². The fraction of sp³-hybridized carbons (Fsp3) is 0.818. The number of carboxylic acids is 1. The van der Waals surface area contributed by atoms with E-state index >= 15 is 0 Å². The fourth-order valence-electron chi connectivity index (χ4n) is 1.39. The summed E-state index contributed by atoms with van der Waals surface area (Å²) in [5.74, 6) is -1.15. The Bertz CT molecular complexity index is 219. The minimum absolute atomic E-state index is 0.179. The molecule has 16 heavy (non-hydrogen) atoms. The molecule has 1 atom stereocenters. The molecule has 0 fully saturated rings. The van der Waals surface area contributed by atoms with Gasteiger partial charge in [0.25, 0.3) is 0 Å². The van der Waals surface area contributed by atoms with Gasteiger partial charge < -0.3 is 16.2 Å². The minimum Gasteiger partial charge on any atom is -0.480 e. The van der Waals surface area contributed by atoms with Gasteiger partial charge in [0.2, 0.25) is 5.91 Å². The molecule has 0 rings (SSSR count). The summed E-state index contributed by atoms with van der Waals surface area (Å²) in [5, 5.41) is 11.2. The van der Waals surface area contributed by atoms with Crippen molar-refractivity contribution in [1.29, 1.82) is 0 Å². The summed E-state index contributed by atoms with van der Waals surface area (Å²) < 4.78 is 0. The molecule has 0 aromatic carbocycles. The Kier molecular flexibility index (Phi) is 8.52. The lowest BCUT2D eigenvalue weighted by molar-refractivity contribution is -0.141. The van der Waals surface area contributed by atoms with Crippen molar-refractivity contribution >= 4 is 11.9 Å². The molecule has 0 spiro atoms. The maximum atomic E-state index is 11.4. The number of rotatable bonds is 9. The lowest BCUT2D eigenvalue weighted by atomic mass is 10.1. The van der Waals surface area contributed by atoms with Crippen LogP contribution in [0.4, 0.5) is 0 Å².